The van der Waals surface area contributed by atoms with E-state index in [4.69, 9.17) is 0 Å². The third kappa shape index (κ3) is 3.33. The SMILES string of the molecule is Cc1[c-]cccc1.[Cs+]. The van der Waals surface area contributed by atoms with E-state index >= 15 is 0 Å². The topological polar surface area (TPSA) is 0 Å². The van der Waals surface area contributed by atoms with Crippen LogP contribution in [0.2, 0.25) is 0 Å². The molecule has 1 rings (SSSR count). The largest absolute Gasteiger partial charge is 1.00 e. The molecular formula is C7H7Cs. The van der Waals surface area contributed by atoms with Crippen molar-refractivity contribution >= 4 is 0 Å². The van der Waals surface area contributed by atoms with Gasteiger partial charge in [-0.25, -0.2) is 0 Å². The van der Waals surface area contributed by atoms with E-state index in [1.165, 1.54) is 5.56 Å². The summed E-state index contributed by atoms with van der Waals surface area (Å²) in [5.41, 5.74) is 1.20. The maximum atomic E-state index is 3.03. The molecule has 0 N–H and O–H groups in total. The molecule has 0 amide bonds. The molecule has 0 aromatic heterocycles. The standard InChI is InChI=1S/C7H7.Cs/c1-7-5-3-2-4-6-7;/h2-5H,1H3;/q-1;+1. The average Bonchev–Trinajstić information content (AvgIpc) is 1.69. The molecule has 36 valence electrons. The Labute approximate surface area is 109 Å². The van der Waals surface area contributed by atoms with Crippen LogP contribution in [0.25, 0.3) is 0 Å². The summed E-state index contributed by atoms with van der Waals surface area (Å²) < 4.78 is 0. The first-order valence-electron chi connectivity index (χ1n) is 2.33. The third-order valence-corrected chi connectivity index (χ3v) is 0.865. The van der Waals surface area contributed by atoms with E-state index in [1.807, 2.05) is 31.2 Å². The van der Waals surface area contributed by atoms with Crippen molar-refractivity contribution in [2.24, 2.45) is 0 Å². The predicted octanol–water partition coefficient (Wildman–Crippen LogP) is -1.20. The Morgan fingerprint density at radius 3 is 2.38 bits per heavy atom. The molecule has 0 saturated heterocycles. The molecular weight excluding hydrogens is 217 g/mol. The fourth-order valence-electron chi connectivity index (χ4n) is 0.483. The fraction of sp³-hybridized carbons (Fsp3) is 0.143. The minimum atomic E-state index is 0. The van der Waals surface area contributed by atoms with Crippen LogP contribution in [0.15, 0.2) is 24.3 Å². The van der Waals surface area contributed by atoms with Crippen molar-refractivity contribution in [3.8, 4) is 0 Å². The summed E-state index contributed by atoms with van der Waals surface area (Å²) in [4.78, 5) is 0. The molecule has 0 radical (unpaired) electrons. The van der Waals surface area contributed by atoms with Crippen molar-refractivity contribution in [1.82, 2.24) is 0 Å². The van der Waals surface area contributed by atoms with E-state index in [0.29, 0.717) is 0 Å². The van der Waals surface area contributed by atoms with Gasteiger partial charge in [-0.2, -0.15) is 35.9 Å². The quantitative estimate of drug-likeness (QED) is 0.485. The van der Waals surface area contributed by atoms with Crippen LogP contribution in [-0.4, -0.2) is 0 Å². The average molecular weight is 224 g/mol. The first kappa shape index (κ1) is 9.27. The first-order chi connectivity index (χ1) is 3.39. The molecule has 0 saturated carbocycles. The predicted molar refractivity (Wildman–Crippen MR) is 30.0 cm³/mol. The van der Waals surface area contributed by atoms with Crippen LogP contribution in [0.1, 0.15) is 5.56 Å². The monoisotopic (exact) mass is 224 g/mol. The Bertz CT molecular complexity index is 134. The van der Waals surface area contributed by atoms with Gasteiger partial charge in [-0.3, -0.25) is 0 Å². The van der Waals surface area contributed by atoms with Crippen LogP contribution in [0.5, 0.6) is 0 Å². The summed E-state index contributed by atoms with van der Waals surface area (Å²) in [5.74, 6) is 0. The minimum absolute atomic E-state index is 0. The molecule has 0 unspecified atom stereocenters. The van der Waals surface area contributed by atoms with Gasteiger partial charge in [0.2, 0.25) is 0 Å². The number of rotatable bonds is 0. The van der Waals surface area contributed by atoms with Gasteiger partial charge < -0.3 is 0 Å². The molecule has 8 heavy (non-hydrogen) atoms. The zero-order valence-corrected chi connectivity index (χ0v) is 11.6. The van der Waals surface area contributed by atoms with Crippen molar-refractivity contribution in [3.05, 3.63) is 35.9 Å². The summed E-state index contributed by atoms with van der Waals surface area (Å²) in [7, 11) is 0. The Morgan fingerprint density at radius 2 is 2.12 bits per heavy atom. The molecule has 0 spiro atoms. The van der Waals surface area contributed by atoms with Crippen LogP contribution in [0, 0.1) is 13.0 Å². The van der Waals surface area contributed by atoms with E-state index < -0.39 is 0 Å². The van der Waals surface area contributed by atoms with Gasteiger partial charge in [0.05, 0.1) is 0 Å². The van der Waals surface area contributed by atoms with Gasteiger partial charge in [0.25, 0.3) is 0 Å². The third-order valence-electron chi connectivity index (χ3n) is 0.865. The van der Waals surface area contributed by atoms with Gasteiger partial charge in [0.15, 0.2) is 0 Å². The van der Waals surface area contributed by atoms with Gasteiger partial charge in [-0.15, -0.1) is 0 Å². The zero-order chi connectivity index (χ0) is 5.11. The molecule has 1 aromatic rings. The van der Waals surface area contributed by atoms with Crippen molar-refractivity contribution in [2.45, 2.75) is 6.92 Å². The van der Waals surface area contributed by atoms with Crippen LogP contribution in [0.4, 0.5) is 0 Å². The molecule has 0 atom stereocenters. The summed E-state index contributed by atoms with van der Waals surface area (Å²) in [6.07, 6.45) is 0. The minimum Gasteiger partial charge on any atom is -0.181 e. The summed E-state index contributed by atoms with van der Waals surface area (Å²) in [5, 5.41) is 0. The van der Waals surface area contributed by atoms with Crippen molar-refractivity contribution in [3.63, 3.8) is 0 Å². The van der Waals surface area contributed by atoms with Crippen LogP contribution in [-0.2, 0) is 0 Å². The summed E-state index contributed by atoms with van der Waals surface area (Å²) in [6, 6.07) is 10.9. The molecule has 0 heterocycles. The Kier molecular flexibility index (Phi) is 5.90. The van der Waals surface area contributed by atoms with Crippen molar-refractivity contribution in [1.29, 1.82) is 0 Å². The van der Waals surface area contributed by atoms with Gasteiger partial charge in [0, 0.05) is 0 Å². The Hall–Kier alpha value is 1.27. The van der Waals surface area contributed by atoms with Crippen molar-refractivity contribution < 1.29 is 68.9 Å². The van der Waals surface area contributed by atoms with Crippen LogP contribution in [0.3, 0.4) is 0 Å². The summed E-state index contributed by atoms with van der Waals surface area (Å²) in [6.45, 7) is 2.03. The van der Waals surface area contributed by atoms with Gasteiger partial charge in [-0.1, -0.05) is 6.92 Å². The molecule has 0 aliphatic carbocycles. The maximum Gasteiger partial charge on any atom is 1.00 e. The Balaban J connectivity index is 0.000000490. The van der Waals surface area contributed by atoms with Crippen LogP contribution < -0.4 is 68.9 Å². The molecule has 0 fully saturated rings. The zero-order valence-electron chi connectivity index (χ0n) is 5.31. The van der Waals surface area contributed by atoms with Gasteiger partial charge in [-0.05, 0) is 0 Å². The van der Waals surface area contributed by atoms with E-state index in [2.05, 4.69) is 6.07 Å². The second-order valence-electron chi connectivity index (χ2n) is 1.55. The smallest absolute Gasteiger partial charge is 0.181 e. The number of hydrogen-bond donors (Lipinski definition) is 0. The Morgan fingerprint density at radius 1 is 1.38 bits per heavy atom. The fourth-order valence-corrected chi connectivity index (χ4v) is 0.483. The number of benzene rings is 1. The first-order valence-corrected chi connectivity index (χ1v) is 2.33. The van der Waals surface area contributed by atoms with Crippen LogP contribution >= 0.6 is 0 Å². The van der Waals surface area contributed by atoms with Gasteiger partial charge >= 0.3 is 68.9 Å². The second-order valence-corrected chi connectivity index (χ2v) is 1.55. The molecule has 1 heteroatoms. The van der Waals surface area contributed by atoms with E-state index in [-0.39, 0.29) is 68.9 Å². The summed E-state index contributed by atoms with van der Waals surface area (Å²) >= 11 is 0. The molecule has 0 aliphatic heterocycles. The normalized spacial score (nSPS) is 7.62. The molecule has 0 bridgehead atoms. The van der Waals surface area contributed by atoms with E-state index in [0.717, 1.165) is 0 Å². The molecule has 0 aliphatic rings. The van der Waals surface area contributed by atoms with E-state index in [1.54, 1.807) is 0 Å². The second kappa shape index (κ2) is 5.09. The number of aryl methyl sites for hydroxylation is 1. The van der Waals surface area contributed by atoms with E-state index in [9.17, 15) is 0 Å². The number of hydrogen-bond acceptors (Lipinski definition) is 0. The maximum absolute atomic E-state index is 3.03. The molecule has 0 nitrogen and oxygen atoms in total. The molecule has 1 aromatic carbocycles. The van der Waals surface area contributed by atoms with Gasteiger partial charge in [0.1, 0.15) is 0 Å². The van der Waals surface area contributed by atoms with Crippen molar-refractivity contribution in [2.75, 3.05) is 0 Å².